The summed E-state index contributed by atoms with van der Waals surface area (Å²) < 4.78 is 113. The normalized spacial score (nSPS) is 11.5. The average molecular weight is 1960 g/mol. The number of rotatable bonds is 29. The minimum Gasteiger partial charge on any atom is -0.496 e. The fourth-order valence-corrected chi connectivity index (χ4v) is 15.3. The number of pyridine rings is 12. The summed E-state index contributed by atoms with van der Waals surface area (Å²) in [6.07, 6.45) is 32.4. The van der Waals surface area contributed by atoms with Gasteiger partial charge < -0.3 is 66.3 Å². The summed E-state index contributed by atoms with van der Waals surface area (Å²) in [6.45, 7) is 6.27. The first kappa shape index (κ1) is 102. The Bertz CT molecular complexity index is 7310. The Morgan fingerprint density at radius 2 is 0.596 bits per heavy atom. The van der Waals surface area contributed by atoms with Gasteiger partial charge in [0.2, 0.25) is 41.2 Å². The molecule has 0 atom stereocenters. The lowest BCUT2D eigenvalue weighted by Crippen LogP contribution is -2.16. The number of esters is 1. The van der Waals surface area contributed by atoms with E-state index in [1.165, 1.54) is 72.7 Å². The molecule has 18 aromatic rings. The van der Waals surface area contributed by atoms with Crippen LogP contribution in [0.15, 0.2) is 360 Å². The van der Waals surface area contributed by atoms with Gasteiger partial charge in [-0.25, -0.2) is 39.7 Å². The van der Waals surface area contributed by atoms with Crippen LogP contribution in [0.3, 0.4) is 0 Å². The molecule has 27 nitrogen and oxygen atoms in total. The van der Waals surface area contributed by atoms with Crippen molar-refractivity contribution in [2.75, 3.05) is 49.3 Å². The van der Waals surface area contributed by atoms with E-state index >= 15 is 0 Å². The fraction of sp³-hybridized carbons (Fsp3) is 0.164. The van der Waals surface area contributed by atoms with Gasteiger partial charge in [-0.1, -0.05) is 55.0 Å². The van der Waals surface area contributed by atoms with E-state index in [0.29, 0.717) is 81.6 Å². The summed E-state index contributed by atoms with van der Waals surface area (Å²) in [5.74, 6) is 10.9. The van der Waals surface area contributed by atoms with Crippen LogP contribution in [0, 0.1) is 6.92 Å². The Hall–Kier alpha value is -18.2. The maximum absolute atomic E-state index is 12.2. The second-order valence-corrected chi connectivity index (χ2v) is 32.2. The average Bonchev–Trinajstić information content (AvgIpc) is 1.71. The van der Waals surface area contributed by atoms with Gasteiger partial charge in [-0.15, -0.1) is 13.2 Å². The molecule has 0 bridgehead atoms. The Morgan fingerprint density at radius 1 is 0.308 bits per heavy atom. The van der Waals surface area contributed by atoms with Gasteiger partial charge in [-0.05, 0) is 299 Å². The van der Waals surface area contributed by atoms with Gasteiger partial charge in [0.15, 0.2) is 0 Å². The quantitative estimate of drug-likeness (QED) is 0.0393. The van der Waals surface area contributed by atoms with Gasteiger partial charge in [-0.2, -0.15) is 0 Å². The van der Waals surface area contributed by atoms with Crippen molar-refractivity contribution in [3.05, 3.63) is 394 Å². The van der Waals surface area contributed by atoms with Crippen molar-refractivity contribution in [3.8, 4) is 177 Å². The number of carbonyl (C=O) groups is 1. The molecule has 1 saturated carbocycles. The monoisotopic (exact) mass is 1960 g/mol. The third-order valence-corrected chi connectivity index (χ3v) is 22.6. The van der Waals surface area contributed by atoms with Crippen molar-refractivity contribution in [1.29, 1.82) is 0 Å². The highest BCUT2D eigenvalue weighted by atomic mass is 19.4. The van der Waals surface area contributed by atoms with Gasteiger partial charge in [-0.3, -0.25) is 24.9 Å². The van der Waals surface area contributed by atoms with Gasteiger partial charge >= 0.3 is 12.3 Å². The second-order valence-electron chi connectivity index (χ2n) is 32.2. The molecule has 2 aliphatic carbocycles. The van der Waals surface area contributed by atoms with Gasteiger partial charge in [0.1, 0.15) is 69.0 Å². The number of ether oxygens (including phenoxy) is 14. The van der Waals surface area contributed by atoms with Crippen molar-refractivity contribution in [3.63, 3.8) is 0 Å². The number of hydrogen-bond donors (Lipinski definition) is 0. The van der Waals surface area contributed by atoms with Crippen LogP contribution in [0.1, 0.15) is 83.6 Å². The molecule has 0 radical (unpaired) electrons. The lowest BCUT2D eigenvalue weighted by Gasteiger charge is -2.17. The summed E-state index contributed by atoms with van der Waals surface area (Å²) in [4.78, 5) is 62.8. The number of benzene rings is 6. The Labute approximate surface area is 843 Å². The van der Waals surface area contributed by atoms with E-state index in [1.807, 2.05) is 153 Å². The summed E-state index contributed by atoms with van der Waals surface area (Å²) in [7, 11) is 9.67. The first-order valence-corrected chi connectivity index (χ1v) is 46.7. The number of fused-ring (bicyclic) bond motifs is 1. The molecule has 30 heteroatoms. The van der Waals surface area contributed by atoms with Crippen LogP contribution >= 0.6 is 0 Å². The molecular weight excluding hydrogens is 1860 g/mol. The molecule has 0 N–H and O–H groups in total. The van der Waals surface area contributed by atoms with Gasteiger partial charge in [0, 0.05) is 172 Å². The van der Waals surface area contributed by atoms with Gasteiger partial charge in [0.05, 0.1) is 54.8 Å². The third kappa shape index (κ3) is 27.9. The zero-order valence-electron chi connectivity index (χ0n) is 81.4. The van der Waals surface area contributed by atoms with Crippen LogP contribution < -0.4 is 61.6 Å². The fourth-order valence-electron chi connectivity index (χ4n) is 15.3. The summed E-state index contributed by atoms with van der Waals surface area (Å²) in [5, 5.41) is 0. The third-order valence-electron chi connectivity index (χ3n) is 22.6. The van der Waals surface area contributed by atoms with Crippen LogP contribution in [0.2, 0.25) is 0 Å². The summed E-state index contributed by atoms with van der Waals surface area (Å²) >= 11 is 0. The minimum absolute atomic E-state index is 0.267. The number of aromatic nitrogens is 12. The number of methoxy groups -OCH3 is 6. The summed E-state index contributed by atoms with van der Waals surface area (Å²) in [6, 6.07) is 77.6. The predicted molar refractivity (Wildman–Crippen MR) is 549 cm³/mol. The van der Waals surface area contributed by atoms with Crippen LogP contribution in [-0.2, 0) is 24.0 Å². The van der Waals surface area contributed by atoms with E-state index in [0.717, 1.165) is 133 Å². The molecule has 0 unspecified atom stereocenters. The molecule has 146 heavy (non-hydrogen) atoms. The van der Waals surface area contributed by atoms with Crippen molar-refractivity contribution in [2.24, 2.45) is 0 Å². The van der Waals surface area contributed by atoms with Crippen molar-refractivity contribution in [2.45, 2.75) is 78.0 Å². The Balaban J connectivity index is 0.000000132. The van der Waals surface area contributed by atoms with E-state index in [2.05, 4.69) is 108 Å². The SMILES string of the molecule is CCOC(=O)c1ccc(Oc2ncccc2-c2cnccc2OC)cc1.CCc1ccc(Oc2ncccc2-c2cnccc2OC)cc1.COc1ccncc1-c1cccnc1Oc1ccc(C)cc1.COc1ccncc1-c1cccnc1Oc1ccc(C2CC2)cc1.COc1ccncc1-c1cccnc1Oc1ccc(OC(F)(F)F)cc1.COc1ncccc1-c1cccnc1Oc1ccc2c(c1)CCCC2. The topological polar surface area (TPSA) is 301 Å². The van der Waals surface area contributed by atoms with Crippen LogP contribution in [0.4, 0.5) is 13.2 Å². The van der Waals surface area contributed by atoms with E-state index in [4.69, 9.17) is 61.6 Å². The van der Waals surface area contributed by atoms with Crippen molar-refractivity contribution in [1.82, 2.24) is 59.8 Å². The maximum atomic E-state index is 12.2. The van der Waals surface area contributed by atoms with E-state index in [1.54, 1.807) is 196 Å². The zero-order valence-corrected chi connectivity index (χ0v) is 81.4. The maximum Gasteiger partial charge on any atom is 0.573 e. The number of alkyl halides is 3. The molecule has 6 aromatic carbocycles. The molecule has 2 aliphatic rings. The van der Waals surface area contributed by atoms with Crippen LogP contribution in [0.25, 0.3) is 66.8 Å². The minimum atomic E-state index is -4.74. The largest absolute Gasteiger partial charge is 0.573 e. The standard InChI is InChI=1S/C21H20N2O2.C20H18N2O4.C20H18N2O2.C19H18N2O2.C18H13F3N2O3.C18H16N2O2/c1-24-20-18(8-4-12-22-20)19-9-5-13-23-21(19)25-17-11-10-15-6-2-3-7-16(15)14-17;1-3-25-20(23)14-6-8-15(9-7-14)26-19-16(5-4-11-22-19)17-13-21-12-10-18(17)24-2;1-23-19-10-12-21-13-18(19)17-3-2-11-22-20(17)24-16-8-6-15(7-9-16)14-4-5-14;1-3-14-6-8-15(9-7-14)23-19-16(5-4-11-21-19)17-13-20-12-10-18(17)22-2;1-24-16-8-10-22-11-15(16)14-3-2-9-23-17(14)25-12-4-6-13(7-5-12)26-18(19,20)21;1-13-5-7-14(8-6-13)22-18-15(4-3-10-20-18)16-12-19-11-9-17(16)21-2/h4-5,8-14H,2-3,6-7H2,1H3;4-13H,3H2,1-2H3;2-3,6-14H,4-5H2,1H3;4-13H,3H2,1-2H3;2-11H,1H3;3-12H,1-2H3. The molecule has 0 saturated heterocycles. The number of nitrogens with zero attached hydrogens (tertiary/aromatic N) is 12. The van der Waals surface area contributed by atoms with Crippen LogP contribution in [0.5, 0.6) is 110 Å². The number of halogens is 3. The molecule has 1 fully saturated rings. The Morgan fingerprint density at radius 3 is 0.918 bits per heavy atom. The number of carbonyl (C=O) groups excluding carboxylic acids is 1. The summed E-state index contributed by atoms with van der Waals surface area (Å²) in [5.41, 5.74) is 16.8. The van der Waals surface area contributed by atoms with E-state index in [-0.39, 0.29) is 17.6 Å². The highest BCUT2D eigenvalue weighted by Gasteiger charge is 2.32. The molecule has 0 spiro atoms. The molecule has 738 valence electrons. The lowest BCUT2D eigenvalue weighted by atomic mass is 9.92. The predicted octanol–water partition coefficient (Wildman–Crippen LogP) is 27.4. The zero-order chi connectivity index (χ0) is 102. The molecule has 0 amide bonds. The molecule has 12 heterocycles. The van der Waals surface area contributed by atoms with Crippen molar-refractivity contribution < 1.29 is 84.3 Å². The highest BCUT2D eigenvalue weighted by Crippen LogP contribution is 2.46. The first-order chi connectivity index (χ1) is 71.5. The molecular formula is C116H103F3N12O15. The first-order valence-electron chi connectivity index (χ1n) is 46.7. The smallest absolute Gasteiger partial charge is 0.496 e. The van der Waals surface area contributed by atoms with E-state index < -0.39 is 6.36 Å². The number of aryl methyl sites for hydroxylation is 4. The van der Waals surface area contributed by atoms with Crippen molar-refractivity contribution >= 4 is 5.97 Å². The van der Waals surface area contributed by atoms with Crippen LogP contribution in [-0.4, -0.2) is 121 Å². The lowest BCUT2D eigenvalue weighted by molar-refractivity contribution is -0.274. The molecule has 12 aromatic heterocycles. The van der Waals surface area contributed by atoms with Gasteiger partial charge in [0.25, 0.3) is 0 Å². The Kier molecular flexibility index (Phi) is 35.9. The number of hydrogen-bond acceptors (Lipinski definition) is 27. The highest BCUT2D eigenvalue weighted by molar-refractivity contribution is 5.89. The van der Waals surface area contributed by atoms with E-state index in [9.17, 15) is 18.0 Å². The molecule has 20 rings (SSSR count). The molecule has 0 aliphatic heterocycles. The second kappa shape index (κ2) is 51.3.